The van der Waals surface area contributed by atoms with Crippen molar-refractivity contribution < 1.29 is 5.11 Å². The monoisotopic (exact) mass is 205 g/mol. The molecule has 82 valence electrons. The largest absolute Gasteiger partial charge is 0.384 e. The van der Waals surface area contributed by atoms with Crippen molar-refractivity contribution in [3.63, 3.8) is 0 Å². The van der Waals surface area contributed by atoms with Crippen LogP contribution in [0.2, 0.25) is 0 Å². The lowest BCUT2D eigenvalue weighted by atomic mass is 9.76. The third-order valence-corrected chi connectivity index (χ3v) is 3.50. The predicted molar refractivity (Wildman–Crippen MR) is 61.7 cm³/mol. The number of benzene rings is 1. The summed E-state index contributed by atoms with van der Waals surface area (Å²) < 4.78 is 0. The fourth-order valence-electron chi connectivity index (χ4n) is 2.61. The SMILES string of the molecule is CNC1CCCC[C@@]1(O)c1ccccc1. The quantitative estimate of drug-likeness (QED) is 0.774. The number of aliphatic hydroxyl groups is 1. The van der Waals surface area contributed by atoms with E-state index in [1.54, 1.807) is 0 Å². The molecule has 1 aromatic carbocycles. The number of rotatable bonds is 2. The fraction of sp³-hybridized carbons (Fsp3) is 0.538. The molecule has 1 saturated carbocycles. The van der Waals surface area contributed by atoms with E-state index in [2.05, 4.69) is 5.32 Å². The highest BCUT2D eigenvalue weighted by atomic mass is 16.3. The Morgan fingerprint density at radius 3 is 2.67 bits per heavy atom. The van der Waals surface area contributed by atoms with E-state index < -0.39 is 5.60 Å². The van der Waals surface area contributed by atoms with E-state index in [4.69, 9.17) is 0 Å². The normalized spacial score (nSPS) is 31.5. The lowest BCUT2D eigenvalue weighted by Gasteiger charge is -2.40. The Balaban J connectivity index is 2.30. The summed E-state index contributed by atoms with van der Waals surface area (Å²) in [6.45, 7) is 0. The van der Waals surface area contributed by atoms with Crippen LogP contribution in [0.3, 0.4) is 0 Å². The molecular weight excluding hydrogens is 186 g/mol. The van der Waals surface area contributed by atoms with Gasteiger partial charge in [0.15, 0.2) is 0 Å². The minimum Gasteiger partial charge on any atom is -0.384 e. The lowest BCUT2D eigenvalue weighted by Crippen LogP contribution is -2.49. The van der Waals surface area contributed by atoms with Gasteiger partial charge in [0.1, 0.15) is 5.60 Å². The second-order valence-corrected chi connectivity index (χ2v) is 4.38. The number of hydrogen-bond acceptors (Lipinski definition) is 2. The molecule has 2 heteroatoms. The number of likely N-dealkylation sites (N-methyl/N-ethyl adjacent to an activating group) is 1. The zero-order valence-corrected chi connectivity index (χ0v) is 9.24. The molecule has 0 spiro atoms. The van der Waals surface area contributed by atoms with Crippen molar-refractivity contribution in [3.05, 3.63) is 35.9 Å². The van der Waals surface area contributed by atoms with Gasteiger partial charge in [0, 0.05) is 6.04 Å². The van der Waals surface area contributed by atoms with Gasteiger partial charge in [0.25, 0.3) is 0 Å². The van der Waals surface area contributed by atoms with Crippen molar-refractivity contribution in [1.29, 1.82) is 0 Å². The Hall–Kier alpha value is -0.860. The highest BCUT2D eigenvalue weighted by Crippen LogP contribution is 2.36. The number of nitrogens with one attached hydrogen (secondary N) is 1. The maximum absolute atomic E-state index is 10.7. The first-order valence-corrected chi connectivity index (χ1v) is 5.72. The summed E-state index contributed by atoms with van der Waals surface area (Å²) in [5.41, 5.74) is 0.373. The summed E-state index contributed by atoms with van der Waals surface area (Å²) >= 11 is 0. The van der Waals surface area contributed by atoms with Crippen LogP contribution in [0.15, 0.2) is 30.3 Å². The van der Waals surface area contributed by atoms with Gasteiger partial charge in [0.2, 0.25) is 0 Å². The molecule has 0 amide bonds. The predicted octanol–water partition coefficient (Wildman–Crippen LogP) is 2.04. The smallest absolute Gasteiger partial charge is 0.105 e. The molecular formula is C13H19NO. The minimum absolute atomic E-state index is 0.189. The summed E-state index contributed by atoms with van der Waals surface area (Å²) in [5, 5.41) is 14.0. The summed E-state index contributed by atoms with van der Waals surface area (Å²) in [6.07, 6.45) is 4.24. The maximum Gasteiger partial charge on any atom is 0.105 e. The Morgan fingerprint density at radius 2 is 2.00 bits per heavy atom. The first-order valence-electron chi connectivity index (χ1n) is 5.72. The molecule has 0 aromatic heterocycles. The Morgan fingerprint density at radius 1 is 1.27 bits per heavy atom. The molecule has 2 rings (SSSR count). The van der Waals surface area contributed by atoms with E-state index in [1.807, 2.05) is 37.4 Å². The molecule has 1 aromatic rings. The zero-order valence-electron chi connectivity index (χ0n) is 9.24. The summed E-state index contributed by atoms with van der Waals surface area (Å²) in [7, 11) is 1.93. The van der Waals surface area contributed by atoms with E-state index in [1.165, 1.54) is 6.42 Å². The van der Waals surface area contributed by atoms with Crippen LogP contribution in [0.25, 0.3) is 0 Å². The molecule has 15 heavy (non-hydrogen) atoms. The van der Waals surface area contributed by atoms with Gasteiger partial charge in [-0.1, -0.05) is 43.2 Å². The standard InChI is InChI=1S/C13H19NO/c1-14-12-9-5-6-10-13(12,15)11-7-3-2-4-8-11/h2-4,7-8,12,14-15H,5-6,9-10H2,1H3/t12?,13-/m1/s1. The first-order chi connectivity index (χ1) is 7.27. The Labute approximate surface area is 91.3 Å². The van der Waals surface area contributed by atoms with Gasteiger partial charge < -0.3 is 10.4 Å². The van der Waals surface area contributed by atoms with Gasteiger partial charge in [-0.05, 0) is 25.5 Å². The third kappa shape index (κ3) is 1.92. The van der Waals surface area contributed by atoms with Crippen molar-refractivity contribution in [2.24, 2.45) is 0 Å². The van der Waals surface area contributed by atoms with Gasteiger partial charge in [-0.2, -0.15) is 0 Å². The van der Waals surface area contributed by atoms with E-state index in [-0.39, 0.29) is 6.04 Å². The van der Waals surface area contributed by atoms with Crippen LogP contribution in [0, 0.1) is 0 Å². The second-order valence-electron chi connectivity index (χ2n) is 4.38. The maximum atomic E-state index is 10.7. The fourth-order valence-corrected chi connectivity index (χ4v) is 2.61. The topological polar surface area (TPSA) is 32.3 Å². The van der Waals surface area contributed by atoms with Gasteiger partial charge in [-0.15, -0.1) is 0 Å². The van der Waals surface area contributed by atoms with Crippen LogP contribution < -0.4 is 5.32 Å². The Bertz CT molecular complexity index is 312. The highest BCUT2D eigenvalue weighted by molar-refractivity contribution is 5.25. The molecule has 1 fully saturated rings. The van der Waals surface area contributed by atoms with Gasteiger partial charge >= 0.3 is 0 Å². The summed E-state index contributed by atoms with van der Waals surface area (Å²) in [5.74, 6) is 0. The van der Waals surface area contributed by atoms with Gasteiger partial charge in [0.05, 0.1) is 0 Å². The van der Waals surface area contributed by atoms with Crippen molar-refractivity contribution >= 4 is 0 Å². The van der Waals surface area contributed by atoms with Crippen LogP contribution in [0.4, 0.5) is 0 Å². The van der Waals surface area contributed by atoms with E-state index >= 15 is 0 Å². The molecule has 2 N–H and O–H groups in total. The molecule has 1 unspecified atom stereocenters. The van der Waals surface area contributed by atoms with Crippen LogP contribution >= 0.6 is 0 Å². The van der Waals surface area contributed by atoms with E-state index in [9.17, 15) is 5.11 Å². The Kier molecular flexibility index (Phi) is 3.08. The second kappa shape index (κ2) is 4.33. The molecule has 0 saturated heterocycles. The summed E-state index contributed by atoms with van der Waals surface area (Å²) in [6, 6.07) is 10.2. The zero-order chi connectivity index (χ0) is 10.7. The summed E-state index contributed by atoms with van der Waals surface area (Å²) in [4.78, 5) is 0. The molecule has 0 radical (unpaired) electrons. The molecule has 1 aliphatic rings. The van der Waals surface area contributed by atoms with E-state index in [0.29, 0.717) is 0 Å². The van der Waals surface area contributed by atoms with Crippen LogP contribution in [0.1, 0.15) is 31.2 Å². The average Bonchev–Trinajstić information content (AvgIpc) is 2.31. The first kappa shape index (κ1) is 10.7. The van der Waals surface area contributed by atoms with Crippen molar-refractivity contribution in [3.8, 4) is 0 Å². The van der Waals surface area contributed by atoms with Crippen molar-refractivity contribution in [2.75, 3.05) is 7.05 Å². The third-order valence-electron chi connectivity index (χ3n) is 3.50. The van der Waals surface area contributed by atoms with Crippen LogP contribution in [0.5, 0.6) is 0 Å². The molecule has 0 aliphatic heterocycles. The average molecular weight is 205 g/mol. The molecule has 2 atom stereocenters. The lowest BCUT2D eigenvalue weighted by molar-refractivity contribution is -0.0298. The molecule has 1 aliphatic carbocycles. The minimum atomic E-state index is -0.672. The molecule has 0 bridgehead atoms. The van der Waals surface area contributed by atoms with E-state index in [0.717, 1.165) is 24.8 Å². The highest BCUT2D eigenvalue weighted by Gasteiger charge is 2.39. The number of hydrogen-bond donors (Lipinski definition) is 2. The van der Waals surface area contributed by atoms with Gasteiger partial charge in [-0.25, -0.2) is 0 Å². The van der Waals surface area contributed by atoms with Crippen molar-refractivity contribution in [2.45, 2.75) is 37.3 Å². The molecule has 2 nitrogen and oxygen atoms in total. The van der Waals surface area contributed by atoms with Crippen molar-refractivity contribution in [1.82, 2.24) is 5.32 Å². The molecule has 0 heterocycles. The van der Waals surface area contributed by atoms with Crippen LogP contribution in [-0.2, 0) is 5.60 Å². The van der Waals surface area contributed by atoms with Crippen LogP contribution in [-0.4, -0.2) is 18.2 Å². The van der Waals surface area contributed by atoms with Gasteiger partial charge in [-0.3, -0.25) is 0 Å².